The van der Waals surface area contributed by atoms with Crippen LogP contribution in [0.1, 0.15) is 15.4 Å². The van der Waals surface area contributed by atoms with Gasteiger partial charge in [0.1, 0.15) is 13.2 Å². The Balaban J connectivity index is 0.00000225. The molecule has 0 fully saturated rings. The van der Waals surface area contributed by atoms with Crippen molar-refractivity contribution >= 4 is 41.3 Å². The van der Waals surface area contributed by atoms with Gasteiger partial charge in [-0.1, -0.05) is 6.07 Å². The minimum atomic E-state index is 0. The fourth-order valence-electron chi connectivity index (χ4n) is 2.41. The number of aryl methyl sites for hydroxylation is 1. The number of hydrogen-bond acceptors (Lipinski definition) is 5. The number of aliphatic imine (C=N–C) groups is 1. The van der Waals surface area contributed by atoms with Gasteiger partial charge >= 0.3 is 0 Å². The van der Waals surface area contributed by atoms with Crippen molar-refractivity contribution in [2.24, 2.45) is 4.99 Å². The Labute approximate surface area is 169 Å². The summed E-state index contributed by atoms with van der Waals surface area (Å²) in [5.74, 6) is 2.40. The number of hydrogen-bond donors (Lipinski definition) is 2. The summed E-state index contributed by atoms with van der Waals surface area (Å²) in [6.45, 7) is 4.76. The zero-order valence-electron chi connectivity index (χ0n) is 14.4. The van der Waals surface area contributed by atoms with Crippen LogP contribution >= 0.6 is 35.3 Å². The number of thiazole rings is 1. The van der Waals surface area contributed by atoms with Gasteiger partial charge in [-0.2, -0.15) is 0 Å². The molecule has 1 aliphatic heterocycles. The molecular weight excluding hydrogens is 451 g/mol. The lowest BCUT2D eigenvalue weighted by Gasteiger charge is -2.19. The molecule has 2 heterocycles. The molecule has 2 N–H and O–H groups in total. The highest BCUT2D eigenvalue weighted by molar-refractivity contribution is 14.0. The van der Waals surface area contributed by atoms with E-state index in [0.29, 0.717) is 19.8 Å². The molecule has 25 heavy (non-hydrogen) atoms. The molecule has 0 radical (unpaired) electrons. The number of rotatable bonds is 5. The van der Waals surface area contributed by atoms with E-state index in [4.69, 9.17) is 9.47 Å². The maximum Gasteiger partial charge on any atom is 0.191 e. The van der Waals surface area contributed by atoms with Crippen LogP contribution in [0.15, 0.2) is 29.4 Å². The van der Waals surface area contributed by atoms with Crippen LogP contribution in [0.2, 0.25) is 0 Å². The quantitative estimate of drug-likeness (QED) is 0.397. The number of halogens is 1. The minimum Gasteiger partial charge on any atom is -0.486 e. The Hall–Kier alpha value is -1.55. The first kappa shape index (κ1) is 19.8. The van der Waals surface area contributed by atoms with Crippen LogP contribution < -0.4 is 20.1 Å². The van der Waals surface area contributed by atoms with Crippen LogP contribution in [0.5, 0.6) is 11.5 Å². The SMILES string of the molecule is CN=C(NCCc1ncc(C)s1)NCc1ccc2c(c1)OCCO2.I. The summed E-state index contributed by atoms with van der Waals surface area (Å²) >= 11 is 1.73. The average Bonchev–Trinajstić information content (AvgIpc) is 3.03. The van der Waals surface area contributed by atoms with Crippen LogP contribution in [0.3, 0.4) is 0 Å². The van der Waals surface area contributed by atoms with Crippen molar-refractivity contribution in [3.8, 4) is 11.5 Å². The zero-order chi connectivity index (χ0) is 16.8. The molecule has 0 amide bonds. The Morgan fingerprint density at radius 1 is 1.24 bits per heavy atom. The Morgan fingerprint density at radius 3 is 2.76 bits per heavy atom. The summed E-state index contributed by atoms with van der Waals surface area (Å²) in [7, 11) is 1.77. The van der Waals surface area contributed by atoms with Crippen LogP contribution in [0.4, 0.5) is 0 Å². The number of aromatic nitrogens is 1. The van der Waals surface area contributed by atoms with Crippen molar-refractivity contribution in [3.05, 3.63) is 39.8 Å². The molecule has 2 aromatic rings. The van der Waals surface area contributed by atoms with Crippen molar-refractivity contribution < 1.29 is 9.47 Å². The van der Waals surface area contributed by atoms with E-state index in [2.05, 4.69) is 27.5 Å². The average molecular weight is 474 g/mol. The molecule has 0 atom stereocenters. The lowest BCUT2D eigenvalue weighted by molar-refractivity contribution is 0.171. The maximum atomic E-state index is 5.61. The van der Waals surface area contributed by atoms with Gasteiger partial charge in [0.15, 0.2) is 17.5 Å². The molecule has 0 saturated carbocycles. The van der Waals surface area contributed by atoms with Crippen molar-refractivity contribution in [3.63, 3.8) is 0 Å². The van der Waals surface area contributed by atoms with E-state index in [1.165, 1.54) is 4.88 Å². The van der Waals surface area contributed by atoms with Crippen LogP contribution in [0, 0.1) is 6.92 Å². The van der Waals surface area contributed by atoms with Crippen molar-refractivity contribution in [2.75, 3.05) is 26.8 Å². The number of fused-ring (bicyclic) bond motifs is 1. The van der Waals surface area contributed by atoms with Gasteiger partial charge in [-0.15, -0.1) is 35.3 Å². The first-order valence-electron chi connectivity index (χ1n) is 7.99. The molecule has 8 heteroatoms. The minimum absolute atomic E-state index is 0. The standard InChI is InChI=1S/C17H22N4O2S.HI/c1-12-10-20-16(24-12)5-6-19-17(18-2)21-11-13-3-4-14-15(9-13)23-8-7-22-14;/h3-4,9-10H,5-8,11H2,1-2H3,(H2,18,19,21);1H. The van der Waals surface area contributed by atoms with E-state index >= 15 is 0 Å². The summed E-state index contributed by atoms with van der Waals surface area (Å²) in [6.07, 6.45) is 2.80. The van der Waals surface area contributed by atoms with Crippen LogP contribution in [-0.4, -0.2) is 37.7 Å². The Bertz CT molecular complexity index is 720. The molecular formula is C17H23IN4O2S. The molecule has 0 unspecified atom stereocenters. The van der Waals surface area contributed by atoms with E-state index in [1.54, 1.807) is 18.4 Å². The smallest absolute Gasteiger partial charge is 0.191 e. The Kier molecular flexibility index (Phi) is 7.76. The van der Waals surface area contributed by atoms with Crippen molar-refractivity contribution in [1.82, 2.24) is 15.6 Å². The maximum absolute atomic E-state index is 5.61. The largest absolute Gasteiger partial charge is 0.486 e. The lowest BCUT2D eigenvalue weighted by atomic mass is 10.2. The first-order valence-corrected chi connectivity index (χ1v) is 8.80. The number of ether oxygens (including phenoxy) is 2. The molecule has 0 spiro atoms. The molecule has 3 rings (SSSR count). The molecule has 1 aromatic carbocycles. The molecule has 0 bridgehead atoms. The van der Waals surface area contributed by atoms with E-state index in [-0.39, 0.29) is 24.0 Å². The number of benzene rings is 1. The van der Waals surface area contributed by atoms with Gasteiger partial charge < -0.3 is 20.1 Å². The summed E-state index contributed by atoms with van der Waals surface area (Å²) in [6, 6.07) is 5.99. The van der Waals surface area contributed by atoms with Gasteiger partial charge in [-0.3, -0.25) is 4.99 Å². The fraction of sp³-hybridized carbons (Fsp3) is 0.412. The summed E-state index contributed by atoms with van der Waals surface area (Å²) < 4.78 is 11.1. The second kappa shape index (κ2) is 9.81. The molecule has 0 aliphatic carbocycles. The van der Waals surface area contributed by atoms with E-state index in [0.717, 1.165) is 41.0 Å². The predicted molar refractivity (Wildman–Crippen MR) is 112 cm³/mol. The second-order valence-corrected chi connectivity index (χ2v) is 6.76. The fourth-order valence-corrected chi connectivity index (χ4v) is 3.20. The summed E-state index contributed by atoms with van der Waals surface area (Å²) in [4.78, 5) is 9.86. The second-order valence-electron chi connectivity index (χ2n) is 5.45. The lowest BCUT2D eigenvalue weighted by Crippen LogP contribution is -2.37. The molecule has 1 aromatic heterocycles. The van der Waals surface area contributed by atoms with Crippen molar-refractivity contribution in [2.45, 2.75) is 19.9 Å². The molecule has 6 nitrogen and oxygen atoms in total. The number of nitrogens with zero attached hydrogens (tertiary/aromatic N) is 2. The third kappa shape index (κ3) is 5.74. The number of guanidine groups is 1. The van der Waals surface area contributed by atoms with Gasteiger partial charge in [0.05, 0.1) is 5.01 Å². The first-order chi connectivity index (χ1) is 11.7. The third-order valence-electron chi connectivity index (χ3n) is 3.59. The Morgan fingerprint density at radius 2 is 2.04 bits per heavy atom. The van der Waals surface area contributed by atoms with Gasteiger partial charge in [-0.25, -0.2) is 4.98 Å². The number of nitrogens with one attached hydrogen (secondary N) is 2. The third-order valence-corrected chi connectivity index (χ3v) is 4.56. The summed E-state index contributed by atoms with van der Waals surface area (Å²) in [5, 5.41) is 7.76. The molecule has 0 saturated heterocycles. The van der Waals surface area contributed by atoms with Crippen LogP contribution in [-0.2, 0) is 13.0 Å². The van der Waals surface area contributed by atoms with Gasteiger partial charge in [-0.05, 0) is 24.6 Å². The van der Waals surface area contributed by atoms with Gasteiger partial charge in [0.25, 0.3) is 0 Å². The van der Waals surface area contributed by atoms with E-state index < -0.39 is 0 Å². The normalized spacial score (nSPS) is 13.1. The van der Waals surface area contributed by atoms with Gasteiger partial charge in [0.2, 0.25) is 0 Å². The van der Waals surface area contributed by atoms with Crippen molar-refractivity contribution in [1.29, 1.82) is 0 Å². The predicted octanol–water partition coefficient (Wildman–Crippen LogP) is 2.75. The highest BCUT2D eigenvalue weighted by Crippen LogP contribution is 2.30. The monoisotopic (exact) mass is 474 g/mol. The molecule has 1 aliphatic rings. The van der Waals surface area contributed by atoms with E-state index in [9.17, 15) is 0 Å². The van der Waals surface area contributed by atoms with Crippen LogP contribution in [0.25, 0.3) is 0 Å². The zero-order valence-corrected chi connectivity index (χ0v) is 17.5. The highest BCUT2D eigenvalue weighted by Gasteiger charge is 2.11. The van der Waals surface area contributed by atoms with Gasteiger partial charge in [0, 0.05) is 37.6 Å². The summed E-state index contributed by atoms with van der Waals surface area (Å²) in [5.41, 5.74) is 1.12. The molecule has 136 valence electrons. The topological polar surface area (TPSA) is 67.8 Å². The highest BCUT2D eigenvalue weighted by atomic mass is 127. The van der Waals surface area contributed by atoms with E-state index in [1.807, 2.05) is 24.4 Å².